The van der Waals surface area contributed by atoms with Crippen molar-refractivity contribution in [3.8, 4) is 0 Å². The van der Waals surface area contributed by atoms with E-state index in [1.165, 1.54) is 25.9 Å². The molecule has 1 rings (SSSR count). The summed E-state index contributed by atoms with van der Waals surface area (Å²) in [7, 11) is 4.43. The molecular formula is C15H33N3O. The summed E-state index contributed by atoms with van der Waals surface area (Å²) in [6.45, 7) is 8.96. The topological polar surface area (TPSA) is 38.7 Å². The molecule has 0 aromatic carbocycles. The van der Waals surface area contributed by atoms with Gasteiger partial charge in [-0.15, -0.1) is 0 Å². The zero-order valence-electron chi connectivity index (χ0n) is 13.3. The molecule has 2 N–H and O–H groups in total. The summed E-state index contributed by atoms with van der Waals surface area (Å²) < 4.78 is 0. The van der Waals surface area contributed by atoms with Crippen molar-refractivity contribution in [1.82, 2.24) is 15.1 Å². The maximum Gasteiger partial charge on any atom is 0.0611 e. The van der Waals surface area contributed by atoms with Crippen molar-refractivity contribution in [3.05, 3.63) is 0 Å². The van der Waals surface area contributed by atoms with Gasteiger partial charge in [-0.05, 0) is 72.9 Å². The predicted molar refractivity (Wildman–Crippen MR) is 81.6 cm³/mol. The van der Waals surface area contributed by atoms with Gasteiger partial charge in [0, 0.05) is 11.6 Å². The molecule has 1 saturated heterocycles. The molecule has 0 aromatic rings. The maximum atomic E-state index is 9.58. The second kappa shape index (κ2) is 8.20. The molecule has 19 heavy (non-hydrogen) atoms. The second-order valence-electron chi connectivity index (χ2n) is 6.41. The van der Waals surface area contributed by atoms with Gasteiger partial charge in [0.05, 0.1) is 6.61 Å². The van der Waals surface area contributed by atoms with Crippen LogP contribution in [0.25, 0.3) is 0 Å². The van der Waals surface area contributed by atoms with Crippen LogP contribution >= 0.6 is 0 Å². The van der Waals surface area contributed by atoms with Gasteiger partial charge in [-0.1, -0.05) is 6.92 Å². The van der Waals surface area contributed by atoms with E-state index in [0.29, 0.717) is 6.04 Å². The van der Waals surface area contributed by atoms with Crippen LogP contribution < -0.4 is 5.32 Å². The van der Waals surface area contributed by atoms with E-state index in [9.17, 15) is 5.11 Å². The molecule has 0 aromatic heterocycles. The van der Waals surface area contributed by atoms with Crippen LogP contribution in [-0.4, -0.2) is 73.4 Å². The van der Waals surface area contributed by atoms with Crippen LogP contribution in [0.15, 0.2) is 0 Å². The molecule has 1 aliphatic rings. The van der Waals surface area contributed by atoms with Gasteiger partial charge in [0.25, 0.3) is 0 Å². The van der Waals surface area contributed by atoms with Gasteiger partial charge in [0.15, 0.2) is 0 Å². The fourth-order valence-electron chi connectivity index (χ4n) is 2.69. The Balaban J connectivity index is 2.33. The first-order chi connectivity index (χ1) is 9.00. The normalized spacial score (nSPS) is 21.8. The average Bonchev–Trinajstić information content (AvgIpc) is 2.43. The molecule has 0 aliphatic carbocycles. The minimum atomic E-state index is -0.129. The van der Waals surface area contributed by atoms with Gasteiger partial charge in [0.1, 0.15) is 0 Å². The SMILES string of the molecule is CCCNC(C)(CO)CCN(C)C1CCN(C)CC1. The van der Waals surface area contributed by atoms with Gasteiger partial charge in [-0.2, -0.15) is 0 Å². The number of likely N-dealkylation sites (tertiary alicyclic amines) is 1. The standard InChI is InChI=1S/C15H33N3O/c1-5-9-16-15(2,13-19)8-12-18(4)14-6-10-17(3)11-7-14/h14,16,19H,5-13H2,1-4H3. The molecule has 0 saturated carbocycles. The zero-order chi connectivity index (χ0) is 14.3. The molecule has 4 heteroatoms. The summed E-state index contributed by atoms with van der Waals surface area (Å²) in [5.74, 6) is 0. The summed E-state index contributed by atoms with van der Waals surface area (Å²) >= 11 is 0. The molecule has 1 unspecified atom stereocenters. The predicted octanol–water partition coefficient (Wildman–Crippen LogP) is 1.15. The smallest absolute Gasteiger partial charge is 0.0611 e. The molecule has 1 aliphatic heterocycles. The van der Waals surface area contributed by atoms with Crippen molar-refractivity contribution in [2.45, 2.75) is 51.1 Å². The van der Waals surface area contributed by atoms with Crippen molar-refractivity contribution < 1.29 is 5.11 Å². The van der Waals surface area contributed by atoms with Crippen molar-refractivity contribution >= 4 is 0 Å². The van der Waals surface area contributed by atoms with Gasteiger partial charge >= 0.3 is 0 Å². The lowest BCUT2D eigenvalue weighted by molar-refractivity contribution is 0.113. The maximum absolute atomic E-state index is 9.58. The minimum absolute atomic E-state index is 0.129. The number of aliphatic hydroxyl groups excluding tert-OH is 1. The van der Waals surface area contributed by atoms with E-state index in [-0.39, 0.29) is 12.1 Å². The Labute approximate surface area is 119 Å². The highest BCUT2D eigenvalue weighted by Gasteiger charge is 2.25. The monoisotopic (exact) mass is 271 g/mol. The summed E-state index contributed by atoms with van der Waals surface area (Å²) in [5, 5.41) is 13.1. The fourth-order valence-corrected chi connectivity index (χ4v) is 2.69. The highest BCUT2D eigenvalue weighted by atomic mass is 16.3. The third kappa shape index (κ3) is 5.78. The molecule has 0 amide bonds. The summed E-state index contributed by atoms with van der Waals surface area (Å²) in [4.78, 5) is 4.89. The first kappa shape index (κ1) is 16.9. The Bertz CT molecular complexity index is 242. The fraction of sp³-hybridized carbons (Fsp3) is 1.00. The lowest BCUT2D eigenvalue weighted by Crippen LogP contribution is -2.49. The van der Waals surface area contributed by atoms with Gasteiger partial charge in [0.2, 0.25) is 0 Å². The van der Waals surface area contributed by atoms with Crippen LogP contribution in [0.5, 0.6) is 0 Å². The summed E-state index contributed by atoms with van der Waals surface area (Å²) in [6, 6.07) is 0.713. The van der Waals surface area contributed by atoms with Gasteiger partial charge < -0.3 is 20.2 Å². The van der Waals surface area contributed by atoms with Crippen molar-refractivity contribution in [1.29, 1.82) is 0 Å². The van der Waals surface area contributed by atoms with Crippen LogP contribution in [0.3, 0.4) is 0 Å². The minimum Gasteiger partial charge on any atom is -0.394 e. The van der Waals surface area contributed by atoms with Crippen LogP contribution in [0.2, 0.25) is 0 Å². The Morgan fingerprint density at radius 2 is 2.00 bits per heavy atom. The molecular weight excluding hydrogens is 238 g/mol. The van der Waals surface area contributed by atoms with E-state index in [1.54, 1.807) is 0 Å². The number of hydrogen-bond acceptors (Lipinski definition) is 4. The van der Waals surface area contributed by atoms with E-state index in [0.717, 1.165) is 25.9 Å². The van der Waals surface area contributed by atoms with Crippen molar-refractivity contribution in [2.24, 2.45) is 0 Å². The van der Waals surface area contributed by atoms with E-state index in [1.807, 2.05) is 0 Å². The third-order valence-corrected chi connectivity index (χ3v) is 4.48. The van der Waals surface area contributed by atoms with E-state index < -0.39 is 0 Å². The molecule has 1 atom stereocenters. The van der Waals surface area contributed by atoms with E-state index in [2.05, 4.69) is 43.1 Å². The summed E-state index contributed by atoms with van der Waals surface area (Å²) in [6.07, 6.45) is 4.66. The number of nitrogens with one attached hydrogen (secondary N) is 1. The average molecular weight is 271 g/mol. The van der Waals surface area contributed by atoms with Gasteiger partial charge in [-0.3, -0.25) is 0 Å². The van der Waals surface area contributed by atoms with Crippen molar-refractivity contribution in [3.63, 3.8) is 0 Å². The largest absolute Gasteiger partial charge is 0.394 e. The molecule has 0 radical (unpaired) electrons. The second-order valence-corrected chi connectivity index (χ2v) is 6.41. The number of hydrogen-bond donors (Lipinski definition) is 2. The van der Waals surface area contributed by atoms with Crippen LogP contribution in [0, 0.1) is 0 Å². The quantitative estimate of drug-likeness (QED) is 0.695. The number of nitrogens with zero attached hydrogens (tertiary/aromatic N) is 2. The van der Waals surface area contributed by atoms with Crippen molar-refractivity contribution in [2.75, 3.05) is 46.9 Å². The Morgan fingerprint density at radius 3 is 2.53 bits per heavy atom. The molecule has 0 spiro atoms. The molecule has 1 fully saturated rings. The number of piperidine rings is 1. The van der Waals surface area contributed by atoms with Crippen LogP contribution in [-0.2, 0) is 0 Å². The highest BCUT2D eigenvalue weighted by molar-refractivity contribution is 4.85. The number of rotatable bonds is 8. The van der Waals surface area contributed by atoms with Crippen LogP contribution in [0.4, 0.5) is 0 Å². The Hall–Kier alpha value is -0.160. The Morgan fingerprint density at radius 1 is 1.37 bits per heavy atom. The van der Waals surface area contributed by atoms with Crippen LogP contribution in [0.1, 0.15) is 39.5 Å². The molecule has 0 bridgehead atoms. The van der Waals surface area contributed by atoms with E-state index in [4.69, 9.17) is 0 Å². The lowest BCUT2D eigenvalue weighted by Gasteiger charge is -2.37. The van der Waals surface area contributed by atoms with Gasteiger partial charge in [-0.25, -0.2) is 0 Å². The summed E-state index contributed by atoms with van der Waals surface area (Å²) in [5.41, 5.74) is -0.129. The zero-order valence-corrected chi connectivity index (χ0v) is 13.3. The molecule has 1 heterocycles. The molecule has 4 nitrogen and oxygen atoms in total. The third-order valence-electron chi connectivity index (χ3n) is 4.48. The van der Waals surface area contributed by atoms with E-state index >= 15 is 0 Å². The highest BCUT2D eigenvalue weighted by Crippen LogP contribution is 2.16. The lowest BCUT2D eigenvalue weighted by atomic mass is 9.97. The first-order valence-electron chi connectivity index (χ1n) is 7.75. The first-order valence-corrected chi connectivity index (χ1v) is 7.75. The number of aliphatic hydroxyl groups is 1. The Kier molecular flexibility index (Phi) is 7.29. The molecule has 114 valence electrons.